The second-order valence-corrected chi connectivity index (χ2v) is 5.19. The molecule has 0 radical (unpaired) electrons. The standard InChI is InChI=1S/C18H23N3O/c19-18(20)21-12-5-4-7-15-10-6-11-17(13-15)22-14-16-8-2-1-3-9-16/h1-3,6,8-11,13H,4-5,7,12,14H2,(H4,19,20,21). The van der Waals surface area contributed by atoms with Gasteiger partial charge in [0.25, 0.3) is 0 Å². The van der Waals surface area contributed by atoms with Gasteiger partial charge in [0.05, 0.1) is 0 Å². The van der Waals surface area contributed by atoms with Crippen LogP contribution in [0.4, 0.5) is 0 Å². The first-order valence-corrected chi connectivity index (χ1v) is 7.55. The maximum Gasteiger partial charge on any atom is 0.185 e. The smallest absolute Gasteiger partial charge is 0.185 e. The van der Waals surface area contributed by atoms with Crippen molar-refractivity contribution in [3.05, 3.63) is 65.7 Å². The van der Waals surface area contributed by atoms with Crippen molar-refractivity contribution in [3.63, 3.8) is 0 Å². The first kappa shape index (κ1) is 15.9. The van der Waals surface area contributed by atoms with Crippen molar-refractivity contribution >= 4 is 5.96 Å². The number of nitrogens with two attached hydrogens (primary N) is 2. The highest BCUT2D eigenvalue weighted by molar-refractivity contribution is 5.75. The van der Waals surface area contributed by atoms with Crippen LogP contribution in [0, 0.1) is 0 Å². The number of guanidine groups is 1. The molecule has 2 aromatic rings. The first-order chi connectivity index (χ1) is 10.7. The first-order valence-electron chi connectivity index (χ1n) is 7.55. The Balaban J connectivity index is 1.78. The summed E-state index contributed by atoms with van der Waals surface area (Å²) >= 11 is 0. The van der Waals surface area contributed by atoms with Gasteiger partial charge >= 0.3 is 0 Å². The maximum absolute atomic E-state index is 5.84. The van der Waals surface area contributed by atoms with Crippen molar-refractivity contribution in [1.29, 1.82) is 0 Å². The lowest BCUT2D eigenvalue weighted by atomic mass is 10.1. The van der Waals surface area contributed by atoms with Crippen LogP contribution in [-0.2, 0) is 13.0 Å². The van der Waals surface area contributed by atoms with E-state index in [1.54, 1.807) is 0 Å². The minimum absolute atomic E-state index is 0.163. The number of aliphatic imine (C=N–C) groups is 1. The summed E-state index contributed by atoms with van der Waals surface area (Å²) in [5.74, 6) is 1.07. The molecule has 0 heterocycles. The van der Waals surface area contributed by atoms with Crippen LogP contribution in [0.5, 0.6) is 5.75 Å². The van der Waals surface area contributed by atoms with Gasteiger partial charge < -0.3 is 16.2 Å². The fourth-order valence-corrected chi connectivity index (χ4v) is 2.18. The molecular formula is C18H23N3O. The number of hydrogen-bond acceptors (Lipinski definition) is 2. The van der Waals surface area contributed by atoms with Crippen LogP contribution in [-0.4, -0.2) is 12.5 Å². The SMILES string of the molecule is NC(N)=NCCCCc1cccc(OCc2ccccc2)c1. The van der Waals surface area contributed by atoms with E-state index in [1.165, 1.54) is 11.1 Å². The molecule has 0 unspecified atom stereocenters. The van der Waals surface area contributed by atoms with Crippen molar-refractivity contribution in [3.8, 4) is 5.75 Å². The van der Waals surface area contributed by atoms with E-state index in [0.29, 0.717) is 13.2 Å². The van der Waals surface area contributed by atoms with Crippen LogP contribution >= 0.6 is 0 Å². The van der Waals surface area contributed by atoms with Gasteiger partial charge in [-0.2, -0.15) is 0 Å². The Hall–Kier alpha value is -2.49. The van der Waals surface area contributed by atoms with Gasteiger partial charge in [-0.05, 0) is 42.5 Å². The number of unbranched alkanes of at least 4 members (excludes halogenated alkanes) is 1. The summed E-state index contributed by atoms with van der Waals surface area (Å²) in [4.78, 5) is 3.98. The van der Waals surface area contributed by atoms with E-state index in [2.05, 4.69) is 29.3 Å². The van der Waals surface area contributed by atoms with Crippen molar-refractivity contribution in [2.45, 2.75) is 25.9 Å². The zero-order valence-electron chi connectivity index (χ0n) is 12.7. The second kappa shape index (κ2) is 8.72. The Kier molecular flexibility index (Phi) is 6.30. The van der Waals surface area contributed by atoms with E-state index in [-0.39, 0.29) is 5.96 Å². The number of benzene rings is 2. The van der Waals surface area contributed by atoms with E-state index in [0.717, 1.165) is 25.0 Å². The zero-order chi connectivity index (χ0) is 15.6. The number of aryl methyl sites for hydroxylation is 1. The summed E-state index contributed by atoms with van der Waals surface area (Å²) in [6.45, 7) is 1.28. The van der Waals surface area contributed by atoms with Gasteiger partial charge in [-0.25, -0.2) is 0 Å². The van der Waals surface area contributed by atoms with Gasteiger partial charge in [-0.1, -0.05) is 42.5 Å². The van der Waals surface area contributed by atoms with E-state index in [1.807, 2.05) is 30.3 Å². The third kappa shape index (κ3) is 5.87. The second-order valence-electron chi connectivity index (χ2n) is 5.19. The van der Waals surface area contributed by atoms with Gasteiger partial charge in [0.15, 0.2) is 5.96 Å². The molecular weight excluding hydrogens is 274 g/mol. The normalized spacial score (nSPS) is 10.2. The summed E-state index contributed by atoms with van der Waals surface area (Å²) in [7, 11) is 0. The molecule has 0 saturated heterocycles. The number of ether oxygens (including phenoxy) is 1. The molecule has 0 aromatic heterocycles. The average Bonchev–Trinajstić information content (AvgIpc) is 2.54. The molecule has 4 nitrogen and oxygen atoms in total. The third-order valence-corrected chi connectivity index (χ3v) is 3.31. The van der Waals surface area contributed by atoms with E-state index in [4.69, 9.17) is 16.2 Å². The highest BCUT2D eigenvalue weighted by atomic mass is 16.5. The zero-order valence-corrected chi connectivity index (χ0v) is 12.7. The van der Waals surface area contributed by atoms with Crippen LogP contribution in [0.3, 0.4) is 0 Å². The summed E-state index contributed by atoms with van der Waals surface area (Å²) in [6.07, 6.45) is 3.04. The minimum atomic E-state index is 0.163. The Bertz CT molecular complexity index is 592. The van der Waals surface area contributed by atoms with Crippen LogP contribution < -0.4 is 16.2 Å². The minimum Gasteiger partial charge on any atom is -0.489 e. The van der Waals surface area contributed by atoms with E-state index < -0.39 is 0 Å². The molecule has 2 aromatic carbocycles. The van der Waals surface area contributed by atoms with Crippen LogP contribution in [0.15, 0.2) is 59.6 Å². The predicted octanol–water partition coefficient (Wildman–Crippen LogP) is 2.86. The molecule has 22 heavy (non-hydrogen) atoms. The van der Waals surface area contributed by atoms with Crippen LogP contribution in [0.1, 0.15) is 24.0 Å². The molecule has 0 aliphatic rings. The molecule has 0 aliphatic carbocycles. The molecule has 0 spiro atoms. The van der Waals surface area contributed by atoms with Crippen LogP contribution in [0.2, 0.25) is 0 Å². The van der Waals surface area contributed by atoms with Gasteiger partial charge in [0.2, 0.25) is 0 Å². The van der Waals surface area contributed by atoms with Gasteiger partial charge in [0.1, 0.15) is 12.4 Å². The molecule has 2 rings (SSSR count). The highest BCUT2D eigenvalue weighted by Crippen LogP contribution is 2.16. The van der Waals surface area contributed by atoms with E-state index in [9.17, 15) is 0 Å². The predicted molar refractivity (Wildman–Crippen MR) is 90.8 cm³/mol. The molecule has 0 bridgehead atoms. The summed E-state index contributed by atoms with van der Waals surface area (Å²) in [6, 6.07) is 18.4. The molecule has 4 N–H and O–H groups in total. The van der Waals surface area contributed by atoms with Crippen molar-refractivity contribution in [2.24, 2.45) is 16.5 Å². The topological polar surface area (TPSA) is 73.6 Å². The lowest BCUT2D eigenvalue weighted by molar-refractivity contribution is 0.306. The van der Waals surface area contributed by atoms with Crippen molar-refractivity contribution in [1.82, 2.24) is 0 Å². The van der Waals surface area contributed by atoms with Crippen molar-refractivity contribution < 1.29 is 4.74 Å². The number of rotatable bonds is 8. The summed E-state index contributed by atoms with van der Waals surface area (Å²) in [5.41, 5.74) is 13.0. The Labute approximate surface area is 131 Å². The Morgan fingerprint density at radius 1 is 0.909 bits per heavy atom. The summed E-state index contributed by atoms with van der Waals surface area (Å²) < 4.78 is 5.84. The summed E-state index contributed by atoms with van der Waals surface area (Å²) in [5, 5.41) is 0. The van der Waals surface area contributed by atoms with Crippen LogP contribution in [0.25, 0.3) is 0 Å². The lowest BCUT2D eigenvalue weighted by Gasteiger charge is -2.08. The van der Waals surface area contributed by atoms with E-state index >= 15 is 0 Å². The molecule has 4 heteroatoms. The molecule has 0 aliphatic heterocycles. The van der Waals surface area contributed by atoms with Gasteiger partial charge in [-0.15, -0.1) is 0 Å². The number of hydrogen-bond donors (Lipinski definition) is 2. The number of nitrogens with zero attached hydrogens (tertiary/aromatic N) is 1. The molecule has 116 valence electrons. The lowest BCUT2D eigenvalue weighted by Crippen LogP contribution is -2.22. The quantitative estimate of drug-likeness (QED) is 0.447. The fraction of sp³-hybridized carbons (Fsp3) is 0.278. The monoisotopic (exact) mass is 297 g/mol. The largest absolute Gasteiger partial charge is 0.489 e. The molecule has 0 amide bonds. The van der Waals surface area contributed by atoms with Crippen molar-refractivity contribution in [2.75, 3.05) is 6.54 Å². The maximum atomic E-state index is 5.84. The molecule has 0 fully saturated rings. The Morgan fingerprint density at radius 2 is 1.68 bits per heavy atom. The highest BCUT2D eigenvalue weighted by Gasteiger charge is 1.99. The van der Waals surface area contributed by atoms with Gasteiger partial charge in [0, 0.05) is 6.54 Å². The van der Waals surface area contributed by atoms with Gasteiger partial charge in [-0.3, -0.25) is 4.99 Å². The Morgan fingerprint density at radius 3 is 2.45 bits per heavy atom. The molecule has 0 saturated carbocycles. The molecule has 0 atom stereocenters. The third-order valence-electron chi connectivity index (χ3n) is 3.31. The average molecular weight is 297 g/mol. The fourth-order valence-electron chi connectivity index (χ4n) is 2.18.